The van der Waals surface area contributed by atoms with Gasteiger partial charge in [0.1, 0.15) is 11.2 Å². The maximum atomic E-state index is 12.2. The van der Waals surface area contributed by atoms with Crippen molar-refractivity contribution in [3.8, 4) is 0 Å². The second kappa shape index (κ2) is 6.43. The lowest BCUT2D eigenvalue weighted by Crippen LogP contribution is -2.56. The molecule has 0 unspecified atom stereocenters. The Morgan fingerprint density at radius 2 is 2.10 bits per heavy atom. The van der Waals surface area contributed by atoms with Crippen LogP contribution in [0.2, 0.25) is 5.02 Å². The van der Waals surface area contributed by atoms with E-state index in [1.54, 1.807) is 6.07 Å². The summed E-state index contributed by atoms with van der Waals surface area (Å²) in [5, 5.41) is 12.6. The summed E-state index contributed by atoms with van der Waals surface area (Å²) in [6, 6.07) is 3.05. The fraction of sp³-hybridized carbons (Fsp3) is 0.533. The molecular weight excluding hydrogens is 292 g/mol. The van der Waals surface area contributed by atoms with Crippen LogP contribution in [0.3, 0.4) is 0 Å². The number of halogens is 1. The highest BCUT2D eigenvalue weighted by Crippen LogP contribution is 2.34. The highest BCUT2D eigenvalue weighted by molar-refractivity contribution is 6.30. The number of carboxylic acid groups (broad SMARTS) is 1. The number of amides is 1. The summed E-state index contributed by atoms with van der Waals surface area (Å²) < 4.78 is 0. The predicted octanol–water partition coefficient (Wildman–Crippen LogP) is 2.89. The van der Waals surface area contributed by atoms with Gasteiger partial charge in [-0.3, -0.25) is 4.79 Å². The first-order valence-electron chi connectivity index (χ1n) is 7.14. The van der Waals surface area contributed by atoms with Crippen molar-refractivity contribution in [2.75, 3.05) is 0 Å². The van der Waals surface area contributed by atoms with Crippen LogP contribution in [0.4, 0.5) is 0 Å². The molecule has 0 saturated heterocycles. The van der Waals surface area contributed by atoms with Gasteiger partial charge in [0, 0.05) is 6.20 Å². The molecule has 1 saturated carbocycles. The van der Waals surface area contributed by atoms with Crippen LogP contribution in [0.25, 0.3) is 0 Å². The fourth-order valence-electron chi connectivity index (χ4n) is 2.76. The van der Waals surface area contributed by atoms with Crippen molar-refractivity contribution in [1.82, 2.24) is 10.3 Å². The molecule has 1 fully saturated rings. The average Bonchev–Trinajstić information content (AvgIpc) is 2.48. The molecule has 1 aromatic heterocycles. The second-order valence-corrected chi connectivity index (χ2v) is 5.99. The zero-order valence-corrected chi connectivity index (χ0v) is 12.7. The largest absolute Gasteiger partial charge is 0.480 e. The molecule has 1 aliphatic carbocycles. The van der Waals surface area contributed by atoms with Crippen LogP contribution in [-0.2, 0) is 4.79 Å². The summed E-state index contributed by atoms with van der Waals surface area (Å²) in [6.45, 7) is 2.11. The van der Waals surface area contributed by atoms with Gasteiger partial charge in [-0.05, 0) is 43.7 Å². The Labute approximate surface area is 128 Å². The molecule has 0 spiro atoms. The molecule has 0 bridgehead atoms. The van der Waals surface area contributed by atoms with Crippen LogP contribution in [0, 0.1) is 5.92 Å². The van der Waals surface area contributed by atoms with E-state index in [0.717, 1.165) is 19.3 Å². The molecule has 1 heterocycles. The second-order valence-electron chi connectivity index (χ2n) is 5.55. The highest BCUT2D eigenvalue weighted by Gasteiger charge is 2.43. The van der Waals surface area contributed by atoms with Crippen LogP contribution in [0.1, 0.15) is 49.5 Å². The third-order valence-electron chi connectivity index (χ3n) is 4.26. The van der Waals surface area contributed by atoms with Crippen molar-refractivity contribution in [3.63, 3.8) is 0 Å². The van der Waals surface area contributed by atoms with Crippen LogP contribution in [0.15, 0.2) is 18.3 Å². The van der Waals surface area contributed by atoms with Crippen LogP contribution >= 0.6 is 11.6 Å². The zero-order valence-electron chi connectivity index (χ0n) is 11.9. The van der Waals surface area contributed by atoms with E-state index >= 15 is 0 Å². The molecule has 6 heteroatoms. The first-order valence-corrected chi connectivity index (χ1v) is 7.52. The molecule has 2 N–H and O–H groups in total. The first kappa shape index (κ1) is 15.8. The molecule has 0 aliphatic heterocycles. The van der Waals surface area contributed by atoms with Crippen molar-refractivity contribution in [2.24, 2.45) is 5.92 Å². The minimum atomic E-state index is -1.18. The highest BCUT2D eigenvalue weighted by atomic mass is 35.5. The number of hydrogen-bond acceptors (Lipinski definition) is 3. The van der Waals surface area contributed by atoms with E-state index in [2.05, 4.69) is 17.2 Å². The smallest absolute Gasteiger partial charge is 0.329 e. The van der Waals surface area contributed by atoms with Gasteiger partial charge in [0.05, 0.1) is 5.02 Å². The topological polar surface area (TPSA) is 79.3 Å². The van der Waals surface area contributed by atoms with Crippen LogP contribution < -0.4 is 5.32 Å². The summed E-state index contributed by atoms with van der Waals surface area (Å²) >= 11 is 5.73. The Morgan fingerprint density at radius 1 is 1.43 bits per heavy atom. The number of rotatable bonds is 4. The number of aliphatic carboxylic acids is 1. The molecule has 21 heavy (non-hydrogen) atoms. The first-order chi connectivity index (χ1) is 9.97. The standard InChI is InChI=1S/C15H19ClN2O3/c1-2-10-5-7-15(8-6-10,14(20)21)18-13(19)12-4-3-11(16)9-17-12/h3-4,9-10H,2,5-8H2,1H3,(H,18,19)(H,20,21). The minimum absolute atomic E-state index is 0.178. The van der Waals surface area contributed by atoms with E-state index in [9.17, 15) is 14.7 Å². The number of hydrogen-bond donors (Lipinski definition) is 2. The monoisotopic (exact) mass is 310 g/mol. The van der Waals surface area contributed by atoms with E-state index in [4.69, 9.17) is 11.6 Å². The number of pyridine rings is 1. The molecule has 0 aromatic carbocycles. The third-order valence-corrected chi connectivity index (χ3v) is 4.48. The van der Waals surface area contributed by atoms with E-state index < -0.39 is 17.4 Å². The Balaban J connectivity index is 2.12. The van der Waals surface area contributed by atoms with Gasteiger partial charge in [-0.25, -0.2) is 9.78 Å². The summed E-state index contributed by atoms with van der Waals surface area (Å²) in [5.74, 6) is -0.897. The SMILES string of the molecule is CCC1CCC(NC(=O)c2ccc(Cl)cn2)(C(=O)O)CC1. The van der Waals surface area contributed by atoms with Crippen LogP contribution in [0.5, 0.6) is 0 Å². The lowest BCUT2D eigenvalue weighted by atomic mass is 9.75. The van der Waals surface area contributed by atoms with E-state index in [1.807, 2.05) is 0 Å². The molecule has 1 aromatic rings. The normalized spacial score (nSPS) is 25.3. The van der Waals surface area contributed by atoms with Crippen molar-refractivity contribution in [3.05, 3.63) is 29.0 Å². The Bertz CT molecular complexity index is 522. The molecule has 1 amide bonds. The van der Waals surface area contributed by atoms with Gasteiger partial charge in [0.25, 0.3) is 5.91 Å². The van der Waals surface area contributed by atoms with Gasteiger partial charge in [-0.2, -0.15) is 0 Å². The Hall–Kier alpha value is -1.62. The van der Waals surface area contributed by atoms with E-state index in [1.165, 1.54) is 12.3 Å². The quantitative estimate of drug-likeness (QED) is 0.896. The number of carboxylic acids is 1. The molecule has 0 atom stereocenters. The van der Waals surface area contributed by atoms with Gasteiger partial charge < -0.3 is 10.4 Å². The number of aromatic nitrogens is 1. The van der Waals surface area contributed by atoms with Crippen molar-refractivity contribution >= 4 is 23.5 Å². The van der Waals surface area contributed by atoms with Crippen molar-refractivity contribution in [2.45, 2.75) is 44.6 Å². The third kappa shape index (κ3) is 3.53. The minimum Gasteiger partial charge on any atom is -0.480 e. The fourth-order valence-corrected chi connectivity index (χ4v) is 2.87. The molecule has 0 radical (unpaired) electrons. The van der Waals surface area contributed by atoms with Gasteiger partial charge in [-0.1, -0.05) is 24.9 Å². The molecule has 5 nitrogen and oxygen atoms in total. The Kier molecular flexibility index (Phi) is 4.83. The maximum Gasteiger partial charge on any atom is 0.329 e. The van der Waals surface area contributed by atoms with E-state index in [-0.39, 0.29) is 5.69 Å². The number of carbonyl (C=O) groups is 2. The molecule has 1 aliphatic rings. The summed E-state index contributed by atoms with van der Waals surface area (Å²) in [4.78, 5) is 27.8. The molecule has 2 rings (SSSR count). The lowest BCUT2D eigenvalue weighted by Gasteiger charge is -2.37. The average molecular weight is 311 g/mol. The molecular formula is C15H19ClN2O3. The predicted molar refractivity (Wildman–Crippen MR) is 79.3 cm³/mol. The van der Waals surface area contributed by atoms with Crippen molar-refractivity contribution < 1.29 is 14.7 Å². The number of nitrogens with one attached hydrogen (secondary N) is 1. The van der Waals surface area contributed by atoms with Gasteiger partial charge in [0.2, 0.25) is 0 Å². The lowest BCUT2D eigenvalue weighted by molar-refractivity contribution is -0.146. The summed E-state index contributed by atoms with van der Waals surface area (Å²) in [6.07, 6.45) is 4.97. The van der Waals surface area contributed by atoms with Gasteiger partial charge in [-0.15, -0.1) is 0 Å². The van der Waals surface area contributed by atoms with Crippen molar-refractivity contribution in [1.29, 1.82) is 0 Å². The van der Waals surface area contributed by atoms with Gasteiger partial charge in [0.15, 0.2) is 0 Å². The number of carbonyl (C=O) groups excluding carboxylic acids is 1. The van der Waals surface area contributed by atoms with E-state index in [0.29, 0.717) is 23.8 Å². The summed E-state index contributed by atoms with van der Waals surface area (Å²) in [5.41, 5.74) is -0.998. The van der Waals surface area contributed by atoms with Crippen LogP contribution in [-0.4, -0.2) is 27.5 Å². The zero-order chi connectivity index (χ0) is 15.5. The van der Waals surface area contributed by atoms with Gasteiger partial charge >= 0.3 is 5.97 Å². The summed E-state index contributed by atoms with van der Waals surface area (Å²) in [7, 11) is 0. The Morgan fingerprint density at radius 3 is 2.57 bits per heavy atom. The maximum absolute atomic E-state index is 12.2. The number of nitrogens with zero attached hydrogens (tertiary/aromatic N) is 1. The molecule has 114 valence electrons.